The van der Waals surface area contributed by atoms with Crippen LogP contribution in [0.15, 0.2) is 48.5 Å². The van der Waals surface area contributed by atoms with E-state index in [0.717, 1.165) is 0 Å². The Hall–Kier alpha value is -3.22. The zero-order valence-electron chi connectivity index (χ0n) is 25.6. The van der Waals surface area contributed by atoms with E-state index in [1.807, 2.05) is 45.0 Å². The summed E-state index contributed by atoms with van der Waals surface area (Å²) in [6.07, 6.45) is -0.912. The quantitative estimate of drug-likeness (QED) is 0.215. The maximum Gasteiger partial charge on any atom is 0.407 e. The minimum atomic E-state index is -0.516. The van der Waals surface area contributed by atoms with Crippen LogP contribution in [0.2, 0.25) is 0 Å². The second-order valence-electron chi connectivity index (χ2n) is 10.7. The van der Waals surface area contributed by atoms with Gasteiger partial charge in [0.25, 0.3) is 0 Å². The first kappa shape index (κ1) is 34.3. The molecule has 0 radical (unpaired) electrons. The van der Waals surface area contributed by atoms with Gasteiger partial charge in [0.1, 0.15) is 12.2 Å². The van der Waals surface area contributed by atoms with Crippen LogP contribution in [0.1, 0.15) is 37.8 Å². The van der Waals surface area contributed by atoms with E-state index >= 15 is 0 Å². The fourth-order valence-electron chi connectivity index (χ4n) is 4.40. The molecule has 0 aliphatic heterocycles. The molecule has 238 valence electrons. The van der Waals surface area contributed by atoms with Crippen LogP contribution in [0.25, 0.3) is 11.1 Å². The summed E-state index contributed by atoms with van der Waals surface area (Å²) in [4.78, 5) is 23.7. The van der Waals surface area contributed by atoms with E-state index in [1.165, 1.54) is 22.3 Å². The van der Waals surface area contributed by atoms with Crippen LogP contribution in [0.3, 0.4) is 0 Å². The van der Waals surface area contributed by atoms with Gasteiger partial charge in [0.15, 0.2) is 0 Å². The summed E-state index contributed by atoms with van der Waals surface area (Å²) in [6.45, 7) is 10.8. The highest BCUT2D eigenvalue weighted by molar-refractivity contribution is 5.79. The van der Waals surface area contributed by atoms with Gasteiger partial charge in [0, 0.05) is 19.0 Å². The van der Waals surface area contributed by atoms with Crippen molar-refractivity contribution < 1.29 is 42.7 Å². The first-order valence-corrected chi connectivity index (χ1v) is 14.8. The van der Waals surface area contributed by atoms with Gasteiger partial charge in [0.2, 0.25) is 0 Å². The molecule has 1 aliphatic carbocycles. The number of carbonyl (C=O) groups is 2. The average Bonchev–Trinajstić information content (AvgIpc) is 3.30. The summed E-state index contributed by atoms with van der Waals surface area (Å²) in [6, 6.07) is 16.5. The van der Waals surface area contributed by atoms with Gasteiger partial charge in [0.05, 0.1) is 66.1 Å². The second-order valence-corrected chi connectivity index (χ2v) is 10.7. The lowest BCUT2D eigenvalue weighted by molar-refractivity contribution is -0.0107. The van der Waals surface area contributed by atoms with Gasteiger partial charge >= 0.3 is 12.2 Å². The number of alkyl carbamates (subject to hydrolysis) is 2. The first-order valence-electron chi connectivity index (χ1n) is 14.8. The molecule has 2 aromatic rings. The van der Waals surface area contributed by atoms with Crippen LogP contribution in [-0.4, -0.2) is 104 Å². The fourth-order valence-corrected chi connectivity index (χ4v) is 4.40. The summed E-state index contributed by atoms with van der Waals surface area (Å²) in [5, 5.41) is 5.36. The first-order chi connectivity index (χ1) is 20.8. The van der Waals surface area contributed by atoms with Gasteiger partial charge in [-0.25, -0.2) is 9.59 Å². The van der Waals surface area contributed by atoms with E-state index in [9.17, 15) is 9.59 Å². The SMILES string of the molecule is CC(C)(C)OC(=O)NCCOCCOCCOCCOCCOCCNC(=O)OCC1c2ccccc2-c2ccccc21. The summed E-state index contributed by atoms with van der Waals surface area (Å²) in [7, 11) is 0. The Balaban J connectivity index is 1.06. The molecule has 0 saturated heterocycles. The summed E-state index contributed by atoms with van der Waals surface area (Å²) in [5.74, 6) is 0.0372. The van der Waals surface area contributed by atoms with Crippen LogP contribution in [-0.2, 0) is 33.2 Å². The summed E-state index contributed by atoms with van der Waals surface area (Å²) >= 11 is 0. The molecule has 2 aromatic carbocycles. The van der Waals surface area contributed by atoms with Crippen LogP contribution in [0, 0.1) is 0 Å². The van der Waals surface area contributed by atoms with Gasteiger partial charge in [-0.2, -0.15) is 0 Å². The third kappa shape index (κ3) is 13.3. The molecule has 43 heavy (non-hydrogen) atoms. The maximum absolute atomic E-state index is 12.2. The molecular weight excluding hydrogens is 556 g/mol. The summed E-state index contributed by atoms with van der Waals surface area (Å²) in [5.41, 5.74) is 4.25. The molecule has 11 nitrogen and oxygen atoms in total. The van der Waals surface area contributed by atoms with Crippen molar-refractivity contribution in [3.63, 3.8) is 0 Å². The van der Waals surface area contributed by atoms with E-state index in [-0.39, 0.29) is 12.5 Å². The molecule has 0 unspecified atom stereocenters. The molecule has 2 N–H and O–H groups in total. The molecule has 1 aliphatic rings. The number of benzene rings is 2. The number of hydrogen-bond acceptors (Lipinski definition) is 9. The molecule has 0 fully saturated rings. The van der Waals surface area contributed by atoms with E-state index in [1.54, 1.807) is 0 Å². The fraction of sp³-hybridized carbons (Fsp3) is 0.562. The standard InChI is InChI=1S/C32H46N2O9/c1-32(2,3)43-31(36)34-13-15-38-17-19-40-21-23-41-22-20-39-18-16-37-14-12-33-30(35)42-24-29-27-10-6-4-8-25(27)26-9-5-7-11-28(26)29/h4-11,29H,12-24H2,1-3H3,(H,33,35)(H,34,36). The Morgan fingerprint density at radius 1 is 0.605 bits per heavy atom. The minimum absolute atomic E-state index is 0.0372. The van der Waals surface area contributed by atoms with Gasteiger partial charge < -0.3 is 43.8 Å². The summed E-state index contributed by atoms with van der Waals surface area (Å²) < 4.78 is 37.9. The Bertz CT molecular complexity index is 1060. The van der Waals surface area contributed by atoms with Crippen molar-refractivity contribution in [1.82, 2.24) is 10.6 Å². The van der Waals surface area contributed by atoms with Crippen LogP contribution >= 0.6 is 0 Å². The molecular formula is C32H46N2O9. The highest BCUT2D eigenvalue weighted by Crippen LogP contribution is 2.44. The third-order valence-electron chi connectivity index (χ3n) is 6.26. The molecule has 0 saturated carbocycles. The lowest BCUT2D eigenvalue weighted by atomic mass is 9.98. The Morgan fingerprint density at radius 3 is 1.44 bits per heavy atom. The van der Waals surface area contributed by atoms with Crippen molar-refractivity contribution in [3.05, 3.63) is 59.7 Å². The highest BCUT2D eigenvalue weighted by Gasteiger charge is 2.28. The van der Waals surface area contributed by atoms with Crippen molar-refractivity contribution >= 4 is 12.2 Å². The molecule has 11 heteroatoms. The highest BCUT2D eigenvalue weighted by atomic mass is 16.6. The molecule has 0 heterocycles. The average molecular weight is 603 g/mol. The zero-order valence-corrected chi connectivity index (χ0v) is 25.6. The molecule has 0 atom stereocenters. The van der Waals surface area contributed by atoms with Gasteiger partial charge in [-0.1, -0.05) is 48.5 Å². The lowest BCUT2D eigenvalue weighted by Crippen LogP contribution is -2.34. The van der Waals surface area contributed by atoms with Gasteiger partial charge in [-0.15, -0.1) is 0 Å². The van der Waals surface area contributed by atoms with Crippen LogP contribution in [0.4, 0.5) is 9.59 Å². The normalized spacial score (nSPS) is 12.4. The third-order valence-corrected chi connectivity index (χ3v) is 6.26. The topological polar surface area (TPSA) is 123 Å². The zero-order chi connectivity index (χ0) is 30.8. The van der Waals surface area contributed by atoms with Crippen LogP contribution < -0.4 is 10.6 Å². The predicted octanol–water partition coefficient (Wildman–Crippen LogP) is 4.13. The Kier molecular flexibility index (Phi) is 15.3. The second kappa shape index (κ2) is 19.1. The minimum Gasteiger partial charge on any atom is -0.449 e. The van der Waals surface area contributed by atoms with Gasteiger partial charge in [-0.3, -0.25) is 0 Å². The number of nitrogens with one attached hydrogen (secondary N) is 2. The van der Waals surface area contributed by atoms with Crippen molar-refractivity contribution in [2.24, 2.45) is 0 Å². The lowest BCUT2D eigenvalue weighted by Gasteiger charge is -2.19. The van der Waals surface area contributed by atoms with Crippen LogP contribution in [0.5, 0.6) is 0 Å². The van der Waals surface area contributed by atoms with E-state index in [2.05, 4.69) is 34.9 Å². The largest absolute Gasteiger partial charge is 0.449 e. The smallest absolute Gasteiger partial charge is 0.407 e. The van der Waals surface area contributed by atoms with E-state index in [0.29, 0.717) is 79.2 Å². The monoisotopic (exact) mass is 602 g/mol. The number of carbonyl (C=O) groups excluding carboxylic acids is 2. The van der Waals surface area contributed by atoms with E-state index < -0.39 is 17.8 Å². The molecule has 0 aromatic heterocycles. The van der Waals surface area contributed by atoms with Crippen molar-refractivity contribution in [2.45, 2.75) is 32.3 Å². The molecule has 0 spiro atoms. The maximum atomic E-state index is 12.2. The Morgan fingerprint density at radius 2 is 1.00 bits per heavy atom. The number of ether oxygens (including phenoxy) is 7. The number of hydrogen-bond donors (Lipinski definition) is 2. The van der Waals surface area contributed by atoms with Gasteiger partial charge in [-0.05, 0) is 43.0 Å². The van der Waals surface area contributed by atoms with Crippen molar-refractivity contribution in [3.8, 4) is 11.1 Å². The molecule has 2 amide bonds. The number of amides is 2. The number of fused-ring (bicyclic) bond motifs is 3. The van der Waals surface area contributed by atoms with E-state index in [4.69, 9.17) is 33.2 Å². The number of rotatable bonds is 20. The molecule has 3 rings (SSSR count). The van der Waals surface area contributed by atoms with Crippen molar-refractivity contribution in [1.29, 1.82) is 0 Å². The van der Waals surface area contributed by atoms with Crippen molar-refractivity contribution in [2.75, 3.05) is 85.8 Å². The predicted molar refractivity (Wildman–Crippen MR) is 161 cm³/mol. The molecule has 0 bridgehead atoms. The Labute approximate surface area is 254 Å².